The van der Waals surface area contributed by atoms with Crippen molar-refractivity contribution in [2.24, 2.45) is 0 Å². The van der Waals surface area contributed by atoms with Crippen LogP contribution < -0.4 is 0 Å². The smallest absolute Gasteiger partial charge is 0.235 e. The average molecular weight is 460 g/mol. The van der Waals surface area contributed by atoms with E-state index in [1.54, 1.807) is 24.7 Å². The molecule has 4 N–H and O–H groups in total. The number of nitrogens with zero attached hydrogens (tertiary/aromatic N) is 3. The standard InChI is InChI=1S/C22H19Cl2N3O4/c23-14-10-16(20(29)17(24)11-14)19-18(13-3-1-4-15(28)9-13)21(30)22(31)27(19)7-2-6-26-8-5-25-12-26/h1,3-5,8-12,28-31H,2,6-7H2. The van der Waals surface area contributed by atoms with E-state index in [4.69, 9.17) is 23.2 Å². The minimum atomic E-state index is -0.376. The maximum absolute atomic E-state index is 10.8. The minimum absolute atomic E-state index is 0.0106. The first-order valence-corrected chi connectivity index (χ1v) is 10.2. The Morgan fingerprint density at radius 3 is 2.45 bits per heavy atom. The first kappa shape index (κ1) is 21.0. The second-order valence-electron chi connectivity index (χ2n) is 7.04. The zero-order valence-electron chi connectivity index (χ0n) is 16.2. The third-order valence-corrected chi connectivity index (χ3v) is 5.49. The Morgan fingerprint density at radius 2 is 1.74 bits per heavy atom. The Labute approximate surface area is 188 Å². The number of phenols is 2. The van der Waals surface area contributed by atoms with Crippen LogP contribution in [0.5, 0.6) is 23.1 Å². The van der Waals surface area contributed by atoms with Crippen molar-refractivity contribution in [2.75, 3.05) is 0 Å². The number of hydrogen-bond acceptors (Lipinski definition) is 5. The number of benzene rings is 2. The summed E-state index contributed by atoms with van der Waals surface area (Å²) in [6.07, 6.45) is 5.79. The molecule has 0 fully saturated rings. The fourth-order valence-corrected chi connectivity index (χ4v) is 4.10. The Bertz CT molecular complexity index is 1240. The maximum Gasteiger partial charge on any atom is 0.235 e. The number of phenolic OH excluding ortho intramolecular Hbond substituents is 2. The molecule has 31 heavy (non-hydrogen) atoms. The van der Waals surface area contributed by atoms with E-state index in [-0.39, 0.29) is 44.3 Å². The van der Waals surface area contributed by atoms with Crippen LogP contribution in [0.3, 0.4) is 0 Å². The van der Waals surface area contributed by atoms with Gasteiger partial charge in [-0.15, -0.1) is 0 Å². The van der Waals surface area contributed by atoms with Crippen LogP contribution in [0.4, 0.5) is 0 Å². The second kappa shape index (κ2) is 8.45. The number of hydrogen-bond donors (Lipinski definition) is 4. The van der Waals surface area contributed by atoms with Crippen molar-refractivity contribution in [1.29, 1.82) is 0 Å². The number of aromatic nitrogens is 3. The van der Waals surface area contributed by atoms with Crippen LogP contribution in [0.15, 0.2) is 55.1 Å². The van der Waals surface area contributed by atoms with Crippen molar-refractivity contribution >= 4 is 23.2 Å². The minimum Gasteiger partial charge on any atom is -0.508 e. The molecular weight excluding hydrogens is 441 g/mol. The van der Waals surface area contributed by atoms with Crippen LogP contribution in [0.2, 0.25) is 10.0 Å². The first-order valence-electron chi connectivity index (χ1n) is 9.44. The molecule has 0 saturated heterocycles. The lowest BCUT2D eigenvalue weighted by Gasteiger charge is -2.15. The maximum atomic E-state index is 10.8. The molecule has 0 radical (unpaired) electrons. The van der Waals surface area contributed by atoms with Crippen LogP contribution >= 0.6 is 23.2 Å². The molecule has 0 aliphatic carbocycles. The van der Waals surface area contributed by atoms with Crippen molar-refractivity contribution in [3.8, 4) is 45.5 Å². The SMILES string of the molecule is Oc1cccc(-c2c(O)c(O)n(CCCn3ccnc3)c2-c2cc(Cl)cc(Cl)c2O)c1. The Morgan fingerprint density at radius 1 is 0.935 bits per heavy atom. The monoisotopic (exact) mass is 459 g/mol. The van der Waals surface area contributed by atoms with E-state index >= 15 is 0 Å². The van der Waals surface area contributed by atoms with Crippen molar-refractivity contribution < 1.29 is 20.4 Å². The fraction of sp³-hybridized carbons (Fsp3) is 0.136. The van der Waals surface area contributed by atoms with Gasteiger partial charge in [-0.25, -0.2) is 4.98 Å². The number of aromatic hydroxyl groups is 4. The largest absolute Gasteiger partial charge is 0.508 e. The first-order chi connectivity index (χ1) is 14.9. The van der Waals surface area contributed by atoms with E-state index in [2.05, 4.69) is 4.98 Å². The summed E-state index contributed by atoms with van der Waals surface area (Å²) < 4.78 is 3.39. The van der Waals surface area contributed by atoms with Crippen LogP contribution in [0.1, 0.15) is 6.42 Å². The molecule has 2 aromatic carbocycles. The lowest BCUT2D eigenvalue weighted by molar-refractivity contribution is 0.368. The normalized spacial score (nSPS) is 11.2. The number of aryl methyl sites for hydroxylation is 1. The summed E-state index contributed by atoms with van der Waals surface area (Å²) in [6.45, 7) is 0.941. The summed E-state index contributed by atoms with van der Waals surface area (Å²) in [6, 6.07) is 9.16. The third kappa shape index (κ3) is 4.02. The highest BCUT2D eigenvalue weighted by Gasteiger charge is 2.27. The van der Waals surface area contributed by atoms with E-state index in [9.17, 15) is 20.4 Å². The van der Waals surface area contributed by atoms with Crippen LogP contribution in [0, 0.1) is 0 Å². The molecule has 0 saturated carbocycles. The molecule has 4 rings (SSSR count). The Balaban J connectivity index is 1.89. The molecule has 0 aliphatic heterocycles. The molecule has 0 atom stereocenters. The zero-order chi connectivity index (χ0) is 22.1. The molecular formula is C22H19Cl2N3O4. The van der Waals surface area contributed by atoms with E-state index in [1.807, 2.05) is 10.8 Å². The summed E-state index contributed by atoms with van der Waals surface area (Å²) in [4.78, 5) is 4.01. The summed E-state index contributed by atoms with van der Waals surface area (Å²) in [5, 5.41) is 42.5. The molecule has 7 nitrogen and oxygen atoms in total. The fourth-order valence-electron chi connectivity index (χ4n) is 3.60. The predicted octanol–water partition coefficient (Wildman–Crippen LogP) is 5.24. The van der Waals surface area contributed by atoms with E-state index < -0.39 is 0 Å². The molecule has 2 heterocycles. The highest BCUT2D eigenvalue weighted by atomic mass is 35.5. The van der Waals surface area contributed by atoms with Gasteiger partial charge in [0.25, 0.3) is 0 Å². The van der Waals surface area contributed by atoms with Crippen molar-refractivity contribution in [2.45, 2.75) is 19.5 Å². The molecule has 0 aliphatic rings. The Hall–Kier alpha value is -3.29. The average Bonchev–Trinajstić information content (AvgIpc) is 3.33. The van der Waals surface area contributed by atoms with Crippen LogP contribution in [-0.4, -0.2) is 34.5 Å². The van der Waals surface area contributed by atoms with Gasteiger partial charge in [-0.05, 0) is 36.2 Å². The predicted molar refractivity (Wildman–Crippen MR) is 119 cm³/mol. The molecule has 0 unspecified atom stereocenters. The highest BCUT2D eigenvalue weighted by Crippen LogP contribution is 2.51. The van der Waals surface area contributed by atoms with Gasteiger partial charge in [0.05, 0.1) is 22.6 Å². The zero-order valence-corrected chi connectivity index (χ0v) is 17.7. The van der Waals surface area contributed by atoms with Crippen molar-refractivity contribution in [3.63, 3.8) is 0 Å². The second-order valence-corrected chi connectivity index (χ2v) is 7.88. The number of halogens is 2. The van der Waals surface area contributed by atoms with Crippen LogP contribution in [-0.2, 0) is 13.1 Å². The van der Waals surface area contributed by atoms with Gasteiger partial charge in [-0.2, -0.15) is 0 Å². The molecule has 0 amide bonds. The molecule has 2 aromatic heterocycles. The summed E-state index contributed by atoms with van der Waals surface area (Å²) in [5.74, 6) is -0.988. The van der Waals surface area contributed by atoms with Gasteiger partial charge in [0, 0.05) is 36.1 Å². The Kier molecular flexibility index (Phi) is 5.71. The van der Waals surface area contributed by atoms with Gasteiger partial charge in [-0.3, -0.25) is 0 Å². The quantitative estimate of drug-likeness (QED) is 0.315. The summed E-state index contributed by atoms with van der Waals surface area (Å²) in [5.41, 5.74) is 1.26. The number of rotatable bonds is 6. The highest BCUT2D eigenvalue weighted by molar-refractivity contribution is 6.36. The van der Waals surface area contributed by atoms with Gasteiger partial charge in [0.2, 0.25) is 5.88 Å². The van der Waals surface area contributed by atoms with E-state index in [1.165, 1.54) is 28.8 Å². The molecule has 0 bridgehead atoms. The van der Waals surface area contributed by atoms with Gasteiger partial charge in [0.1, 0.15) is 11.5 Å². The summed E-state index contributed by atoms with van der Waals surface area (Å²) in [7, 11) is 0. The lowest BCUT2D eigenvalue weighted by atomic mass is 9.99. The van der Waals surface area contributed by atoms with E-state index in [0.29, 0.717) is 30.8 Å². The lowest BCUT2D eigenvalue weighted by Crippen LogP contribution is -2.04. The van der Waals surface area contributed by atoms with E-state index in [0.717, 1.165) is 0 Å². The topological polar surface area (TPSA) is 104 Å². The van der Waals surface area contributed by atoms with Crippen molar-refractivity contribution in [3.05, 3.63) is 65.2 Å². The third-order valence-electron chi connectivity index (χ3n) is 4.99. The molecule has 4 aromatic rings. The summed E-state index contributed by atoms with van der Waals surface area (Å²) >= 11 is 12.3. The van der Waals surface area contributed by atoms with Crippen LogP contribution in [0.25, 0.3) is 22.4 Å². The molecule has 0 spiro atoms. The van der Waals surface area contributed by atoms with Gasteiger partial charge < -0.3 is 29.6 Å². The number of imidazole rings is 1. The molecule has 9 heteroatoms. The van der Waals surface area contributed by atoms with Gasteiger partial charge in [-0.1, -0.05) is 35.3 Å². The van der Waals surface area contributed by atoms with Gasteiger partial charge in [0.15, 0.2) is 5.75 Å². The molecule has 160 valence electrons. The van der Waals surface area contributed by atoms with Gasteiger partial charge >= 0.3 is 0 Å². The van der Waals surface area contributed by atoms with Crippen molar-refractivity contribution in [1.82, 2.24) is 14.1 Å².